The molecule has 0 saturated heterocycles. The van der Waals surface area contributed by atoms with E-state index < -0.39 is 5.54 Å². The van der Waals surface area contributed by atoms with Gasteiger partial charge in [0.2, 0.25) is 0 Å². The number of rotatable bonds is 9. The Balaban J connectivity index is 1.85. The minimum absolute atomic E-state index is 0.134. The molecule has 3 N–H and O–H groups in total. The summed E-state index contributed by atoms with van der Waals surface area (Å²) in [6.45, 7) is 12.7. The Kier molecular flexibility index (Phi) is 7.66. The molecule has 34 heavy (non-hydrogen) atoms. The third-order valence-electron chi connectivity index (χ3n) is 6.27. The number of hydrogen-bond acceptors (Lipinski definition) is 3. The molecule has 0 saturated carbocycles. The van der Waals surface area contributed by atoms with Crippen molar-refractivity contribution in [2.45, 2.75) is 59.4 Å². The van der Waals surface area contributed by atoms with Crippen molar-refractivity contribution in [2.24, 2.45) is 11.3 Å². The maximum Gasteiger partial charge on any atom is 0.315 e. The quantitative estimate of drug-likeness (QED) is 0.394. The Morgan fingerprint density at radius 3 is 2.41 bits per heavy atom. The zero-order valence-electron chi connectivity index (χ0n) is 21.0. The van der Waals surface area contributed by atoms with Gasteiger partial charge in [-0.15, -0.1) is 0 Å². The van der Waals surface area contributed by atoms with E-state index in [4.69, 9.17) is 0 Å². The molecule has 7 heteroatoms. The summed E-state index contributed by atoms with van der Waals surface area (Å²) in [4.78, 5) is 12.4. The monoisotopic (exact) mass is 468 g/mol. The summed E-state index contributed by atoms with van der Waals surface area (Å²) in [6.07, 6.45) is 2.81. The summed E-state index contributed by atoms with van der Waals surface area (Å²) in [5, 5.41) is 20.8. The zero-order chi connectivity index (χ0) is 25.1. The topological polar surface area (TPSA) is 79.2 Å². The van der Waals surface area contributed by atoms with Crippen molar-refractivity contribution in [3.05, 3.63) is 60.0 Å². The lowest BCUT2D eigenvalue weighted by Crippen LogP contribution is -2.52. The molecule has 1 aromatic heterocycles. The molecule has 0 aliphatic rings. The Hall–Kier alpha value is -2.93. The number of fused-ring (bicyclic) bond motifs is 1. The number of aliphatic hydroxyl groups is 1. The van der Waals surface area contributed by atoms with Crippen molar-refractivity contribution in [3.8, 4) is 5.69 Å². The fourth-order valence-corrected chi connectivity index (χ4v) is 4.26. The summed E-state index contributed by atoms with van der Waals surface area (Å²) < 4.78 is 15.2. The highest BCUT2D eigenvalue weighted by atomic mass is 19.1. The van der Waals surface area contributed by atoms with Crippen LogP contribution in [-0.4, -0.2) is 39.6 Å². The van der Waals surface area contributed by atoms with E-state index >= 15 is 0 Å². The van der Waals surface area contributed by atoms with Crippen molar-refractivity contribution < 1.29 is 14.3 Å². The van der Waals surface area contributed by atoms with Gasteiger partial charge in [-0.2, -0.15) is 5.10 Å². The molecule has 2 amide bonds. The van der Waals surface area contributed by atoms with E-state index in [1.54, 1.807) is 26.0 Å². The summed E-state index contributed by atoms with van der Waals surface area (Å²) in [5.41, 5.74) is 2.07. The first-order valence-corrected chi connectivity index (χ1v) is 11.8. The van der Waals surface area contributed by atoms with E-state index in [1.807, 2.05) is 10.9 Å². The van der Waals surface area contributed by atoms with E-state index in [0.717, 1.165) is 23.0 Å². The second-order valence-corrected chi connectivity index (χ2v) is 10.9. The first kappa shape index (κ1) is 25.7. The standard InChI is InChI=1S/C27H37FN4O2/c1-18(2)13-23(26(3,4)16-29-25(34)31-27(5,6)17-33)19-7-12-24-20(14-19)15-30-32(24)22-10-8-21(28)9-11-22/h7-12,14-15,18,23,33H,13,16-17H2,1-6H3,(H2,29,31,34). The average molecular weight is 469 g/mol. The Labute approximate surface area is 201 Å². The minimum Gasteiger partial charge on any atom is -0.394 e. The summed E-state index contributed by atoms with van der Waals surface area (Å²) >= 11 is 0. The molecule has 0 aliphatic carbocycles. The van der Waals surface area contributed by atoms with Gasteiger partial charge in [-0.05, 0) is 79.5 Å². The summed E-state index contributed by atoms with van der Waals surface area (Å²) in [6, 6.07) is 12.4. The van der Waals surface area contributed by atoms with Crippen LogP contribution >= 0.6 is 0 Å². The number of aromatic nitrogens is 2. The molecular formula is C27H37FN4O2. The molecule has 0 spiro atoms. The predicted molar refractivity (Wildman–Crippen MR) is 135 cm³/mol. The number of nitrogens with one attached hydrogen (secondary N) is 2. The first-order chi connectivity index (χ1) is 15.9. The van der Waals surface area contributed by atoms with Crippen LogP contribution < -0.4 is 10.6 Å². The summed E-state index contributed by atoms with van der Waals surface area (Å²) in [5.74, 6) is 0.407. The molecule has 1 heterocycles. The highest BCUT2D eigenvalue weighted by Gasteiger charge is 2.32. The molecule has 3 aromatic rings. The Bertz CT molecular complexity index is 1120. The van der Waals surface area contributed by atoms with Crippen molar-refractivity contribution >= 4 is 16.9 Å². The fourth-order valence-electron chi connectivity index (χ4n) is 4.26. The van der Waals surface area contributed by atoms with Crippen LogP contribution in [0.25, 0.3) is 16.6 Å². The van der Waals surface area contributed by atoms with E-state index in [0.29, 0.717) is 12.5 Å². The molecule has 0 fully saturated rings. The molecule has 2 aromatic carbocycles. The van der Waals surface area contributed by atoms with Crippen LogP contribution in [0.4, 0.5) is 9.18 Å². The first-order valence-electron chi connectivity index (χ1n) is 11.8. The summed E-state index contributed by atoms with van der Waals surface area (Å²) in [7, 11) is 0. The lowest BCUT2D eigenvalue weighted by atomic mass is 9.71. The van der Waals surface area contributed by atoms with Gasteiger partial charge in [-0.25, -0.2) is 13.9 Å². The largest absolute Gasteiger partial charge is 0.394 e. The van der Waals surface area contributed by atoms with Crippen LogP contribution in [0.5, 0.6) is 0 Å². The van der Waals surface area contributed by atoms with Crippen LogP contribution in [0.1, 0.15) is 59.4 Å². The van der Waals surface area contributed by atoms with Crippen molar-refractivity contribution in [1.82, 2.24) is 20.4 Å². The lowest BCUT2D eigenvalue weighted by Gasteiger charge is -2.37. The fraction of sp³-hybridized carbons (Fsp3) is 0.481. The van der Waals surface area contributed by atoms with Gasteiger partial charge in [0.05, 0.1) is 29.5 Å². The Morgan fingerprint density at radius 1 is 1.12 bits per heavy atom. The highest BCUT2D eigenvalue weighted by Crippen LogP contribution is 2.41. The predicted octanol–water partition coefficient (Wildman–Crippen LogP) is 5.39. The van der Waals surface area contributed by atoms with Crippen LogP contribution in [0.3, 0.4) is 0 Å². The van der Waals surface area contributed by atoms with Gasteiger partial charge in [-0.1, -0.05) is 33.8 Å². The van der Waals surface area contributed by atoms with Gasteiger partial charge in [0.25, 0.3) is 0 Å². The zero-order valence-corrected chi connectivity index (χ0v) is 21.0. The molecule has 0 bridgehead atoms. The lowest BCUT2D eigenvalue weighted by molar-refractivity contribution is 0.176. The van der Waals surface area contributed by atoms with E-state index in [9.17, 15) is 14.3 Å². The van der Waals surface area contributed by atoms with Crippen molar-refractivity contribution in [2.75, 3.05) is 13.2 Å². The van der Waals surface area contributed by atoms with Gasteiger partial charge in [-0.3, -0.25) is 0 Å². The second kappa shape index (κ2) is 10.1. The average Bonchev–Trinajstić information content (AvgIpc) is 3.19. The number of carbonyl (C=O) groups is 1. The number of halogens is 1. The number of nitrogens with zero attached hydrogens (tertiary/aromatic N) is 2. The van der Waals surface area contributed by atoms with Crippen LogP contribution in [-0.2, 0) is 0 Å². The third kappa shape index (κ3) is 6.14. The molecule has 184 valence electrons. The van der Waals surface area contributed by atoms with E-state index in [1.165, 1.54) is 17.7 Å². The van der Waals surface area contributed by atoms with Crippen molar-refractivity contribution in [1.29, 1.82) is 0 Å². The molecule has 1 unspecified atom stereocenters. The van der Waals surface area contributed by atoms with Gasteiger partial charge in [0, 0.05) is 11.9 Å². The molecule has 6 nitrogen and oxygen atoms in total. The van der Waals surface area contributed by atoms with Gasteiger partial charge in [0.1, 0.15) is 5.82 Å². The molecule has 3 rings (SSSR count). The number of amides is 2. The normalized spacial score (nSPS) is 13.3. The Morgan fingerprint density at radius 2 is 1.79 bits per heavy atom. The third-order valence-corrected chi connectivity index (χ3v) is 6.27. The van der Waals surface area contributed by atoms with Crippen LogP contribution in [0.15, 0.2) is 48.7 Å². The number of aliphatic hydroxyl groups excluding tert-OH is 1. The second-order valence-electron chi connectivity index (χ2n) is 10.9. The number of urea groups is 1. The van der Waals surface area contributed by atoms with E-state index in [-0.39, 0.29) is 29.8 Å². The van der Waals surface area contributed by atoms with Crippen molar-refractivity contribution in [3.63, 3.8) is 0 Å². The maximum atomic E-state index is 13.3. The molecule has 1 atom stereocenters. The number of carbonyl (C=O) groups excluding carboxylic acids is 1. The van der Waals surface area contributed by atoms with Gasteiger partial charge in [0.15, 0.2) is 0 Å². The van der Waals surface area contributed by atoms with Gasteiger partial charge < -0.3 is 15.7 Å². The maximum absolute atomic E-state index is 13.3. The SMILES string of the molecule is CC(C)CC(c1ccc2c(cnn2-c2ccc(F)cc2)c1)C(C)(C)CNC(=O)NC(C)(C)CO. The van der Waals surface area contributed by atoms with Crippen LogP contribution in [0, 0.1) is 17.2 Å². The smallest absolute Gasteiger partial charge is 0.315 e. The molecular weight excluding hydrogens is 431 g/mol. The number of benzene rings is 2. The molecule has 0 aliphatic heterocycles. The highest BCUT2D eigenvalue weighted by molar-refractivity contribution is 5.81. The molecule has 0 radical (unpaired) electrons. The van der Waals surface area contributed by atoms with Crippen LogP contribution in [0.2, 0.25) is 0 Å². The minimum atomic E-state index is -0.679. The van der Waals surface area contributed by atoms with E-state index in [2.05, 4.69) is 61.6 Å². The van der Waals surface area contributed by atoms with Gasteiger partial charge >= 0.3 is 6.03 Å². The number of hydrogen-bond donors (Lipinski definition) is 3.